The van der Waals surface area contributed by atoms with E-state index < -0.39 is 5.41 Å². The first-order valence-corrected chi connectivity index (χ1v) is 9.16. The minimum absolute atomic E-state index is 0.124. The number of benzene rings is 2. The quantitative estimate of drug-likeness (QED) is 0.898. The van der Waals surface area contributed by atoms with E-state index in [2.05, 4.69) is 5.32 Å². The second-order valence-electron chi connectivity index (χ2n) is 7.14. The van der Waals surface area contributed by atoms with Crippen molar-refractivity contribution < 1.29 is 9.59 Å². The fourth-order valence-corrected chi connectivity index (χ4v) is 4.08. The number of carbonyl (C=O) groups is 2. The molecule has 2 aromatic carbocycles. The molecule has 1 spiro atoms. The molecule has 4 rings (SSSR count). The lowest BCUT2D eigenvalue weighted by atomic mass is 9.78. The highest BCUT2D eigenvalue weighted by atomic mass is 16.2. The third kappa shape index (κ3) is 3.05. The fourth-order valence-electron chi connectivity index (χ4n) is 4.08. The number of urea groups is 1. The van der Waals surface area contributed by atoms with Crippen molar-refractivity contribution in [1.82, 2.24) is 4.90 Å². The van der Waals surface area contributed by atoms with Crippen LogP contribution in [0.25, 0.3) is 0 Å². The number of likely N-dealkylation sites (tertiary alicyclic amines) is 1. The van der Waals surface area contributed by atoms with Crippen molar-refractivity contribution in [3.8, 4) is 0 Å². The summed E-state index contributed by atoms with van der Waals surface area (Å²) in [6, 6.07) is 19.1. The van der Waals surface area contributed by atoms with E-state index in [1.54, 1.807) is 4.90 Å². The molecule has 26 heavy (non-hydrogen) atoms. The second kappa shape index (κ2) is 6.83. The summed E-state index contributed by atoms with van der Waals surface area (Å²) >= 11 is 0. The van der Waals surface area contributed by atoms with Crippen LogP contribution in [0.2, 0.25) is 0 Å². The van der Waals surface area contributed by atoms with Crippen molar-refractivity contribution in [3.05, 3.63) is 60.7 Å². The third-order valence-corrected chi connectivity index (χ3v) is 5.47. The van der Waals surface area contributed by atoms with E-state index >= 15 is 0 Å². The highest BCUT2D eigenvalue weighted by Gasteiger charge is 2.50. The number of piperidine rings is 1. The van der Waals surface area contributed by atoms with Crippen LogP contribution in [0, 0.1) is 5.41 Å². The molecular weight excluding hydrogens is 326 g/mol. The van der Waals surface area contributed by atoms with E-state index in [1.165, 1.54) is 0 Å². The summed E-state index contributed by atoms with van der Waals surface area (Å²) in [5.74, 6) is 0.154. The van der Waals surface area contributed by atoms with Crippen molar-refractivity contribution >= 4 is 23.3 Å². The zero-order chi connectivity index (χ0) is 18.0. The number of nitrogens with zero attached hydrogens (tertiary/aromatic N) is 2. The van der Waals surface area contributed by atoms with E-state index in [4.69, 9.17) is 0 Å². The Bertz CT molecular complexity index is 793. The van der Waals surface area contributed by atoms with E-state index in [-0.39, 0.29) is 11.9 Å². The van der Waals surface area contributed by atoms with Gasteiger partial charge in [-0.25, -0.2) is 4.79 Å². The van der Waals surface area contributed by atoms with Gasteiger partial charge >= 0.3 is 6.03 Å². The van der Waals surface area contributed by atoms with Crippen molar-refractivity contribution in [1.29, 1.82) is 0 Å². The van der Waals surface area contributed by atoms with E-state index in [1.807, 2.05) is 65.6 Å². The van der Waals surface area contributed by atoms with Crippen LogP contribution >= 0.6 is 0 Å². The van der Waals surface area contributed by atoms with Gasteiger partial charge in [-0.1, -0.05) is 36.4 Å². The Hall–Kier alpha value is -2.82. The molecule has 0 saturated carbocycles. The summed E-state index contributed by atoms with van der Waals surface area (Å²) in [4.78, 5) is 29.5. The summed E-state index contributed by atoms with van der Waals surface area (Å²) in [6.07, 6.45) is 2.51. The number of anilines is 2. The maximum atomic E-state index is 13.2. The van der Waals surface area contributed by atoms with Crippen molar-refractivity contribution in [2.45, 2.75) is 19.3 Å². The van der Waals surface area contributed by atoms with Crippen LogP contribution in [-0.2, 0) is 4.79 Å². The standard InChI is InChI=1S/C21H23N3O2/c25-19-21(13-15-24(19)18-10-5-2-6-11-18)12-7-14-23(16-21)20(26)22-17-8-3-1-4-9-17/h1-6,8-11H,7,12-16H2,(H,22,26)/t21-/m1/s1. The van der Waals surface area contributed by atoms with E-state index in [0.717, 1.165) is 37.2 Å². The molecule has 134 valence electrons. The highest BCUT2D eigenvalue weighted by molar-refractivity contribution is 6.00. The molecule has 1 atom stereocenters. The molecule has 0 aliphatic carbocycles. The lowest BCUT2D eigenvalue weighted by molar-refractivity contribution is -0.127. The van der Waals surface area contributed by atoms with Crippen LogP contribution in [0.3, 0.4) is 0 Å². The van der Waals surface area contributed by atoms with Gasteiger partial charge in [0, 0.05) is 31.0 Å². The topological polar surface area (TPSA) is 52.7 Å². The first kappa shape index (κ1) is 16.6. The Kier molecular flexibility index (Phi) is 4.37. The average molecular weight is 349 g/mol. The van der Waals surface area contributed by atoms with E-state index in [0.29, 0.717) is 13.1 Å². The fraction of sp³-hybridized carbons (Fsp3) is 0.333. The van der Waals surface area contributed by atoms with Gasteiger partial charge in [0.15, 0.2) is 0 Å². The first-order chi connectivity index (χ1) is 12.7. The Morgan fingerprint density at radius 1 is 0.923 bits per heavy atom. The Labute approximate surface area is 153 Å². The van der Waals surface area contributed by atoms with Gasteiger partial charge in [-0.15, -0.1) is 0 Å². The molecule has 3 amide bonds. The summed E-state index contributed by atoms with van der Waals surface area (Å²) in [6.45, 7) is 1.91. The van der Waals surface area contributed by atoms with Crippen molar-refractivity contribution in [2.75, 3.05) is 29.9 Å². The summed E-state index contributed by atoms with van der Waals surface area (Å²) in [5.41, 5.74) is 1.28. The van der Waals surface area contributed by atoms with Gasteiger partial charge in [0.25, 0.3) is 0 Å². The summed E-state index contributed by atoms with van der Waals surface area (Å²) in [7, 11) is 0. The van der Waals surface area contributed by atoms with Crippen LogP contribution in [0.1, 0.15) is 19.3 Å². The van der Waals surface area contributed by atoms with Gasteiger partial charge in [0.2, 0.25) is 5.91 Å². The number of hydrogen-bond donors (Lipinski definition) is 1. The van der Waals surface area contributed by atoms with Gasteiger partial charge in [-0.05, 0) is 43.5 Å². The highest BCUT2D eigenvalue weighted by Crippen LogP contribution is 2.41. The molecule has 0 radical (unpaired) electrons. The number of para-hydroxylation sites is 2. The second-order valence-corrected chi connectivity index (χ2v) is 7.14. The molecule has 2 aromatic rings. The molecule has 2 saturated heterocycles. The smallest absolute Gasteiger partial charge is 0.321 e. The van der Waals surface area contributed by atoms with Crippen LogP contribution in [0.4, 0.5) is 16.2 Å². The summed E-state index contributed by atoms with van der Waals surface area (Å²) in [5, 5.41) is 2.94. The maximum absolute atomic E-state index is 13.2. The Morgan fingerprint density at radius 3 is 2.35 bits per heavy atom. The summed E-state index contributed by atoms with van der Waals surface area (Å²) < 4.78 is 0. The van der Waals surface area contributed by atoms with Crippen LogP contribution in [0.15, 0.2) is 60.7 Å². The van der Waals surface area contributed by atoms with Gasteiger partial charge in [-0.3, -0.25) is 4.79 Å². The van der Waals surface area contributed by atoms with Crippen molar-refractivity contribution in [2.24, 2.45) is 5.41 Å². The van der Waals surface area contributed by atoms with Crippen molar-refractivity contribution in [3.63, 3.8) is 0 Å². The first-order valence-electron chi connectivity index (χ1n) is 9.16. The van der Waals surface area contributed by atoms with Gasteiger partial charge < -0.3 is 15.1 Å². The number of rotatable bonds is 2. The molecule has 2 fully saturated rings. The molecular formula is C21H23N3O2. The minimum Gasteiger partial charge on any atom is -0.323 e. The molecule has 5 nitrogen and oxygen atoms in total. The van der Waals surface area contributed by atoms with Gasteiger partial charge in [0.05, 0.1) is 5.41 Å². The van der Waals surface area contributed by atoms with Crippen LogP contribution in [0.5, 0.6) is 0 Å². The zero-order valence-electron chi connectivity index (χ0n) is 14.7. The monoisotopic (exact) mass is 349 g/mol. The molecule has 2 aliphatic rings. The molecule has 0 unspecified atom stereocenters. The Morgan fingerprint density at radius 2 is 1.62 bits per heavy atom. The number of hydrogen-bond acceptors (Lipinski definition) is 2. The average Bonchev–Trinajstić information content (AvgIpc) is 2.99. The number of amides is 3. The molecule has 2 aliphatic heterocycles. The normalized spacial score (nSPS) is 22.7. The minimum atomic E-state index is -0.442. The largest absolute Gasteiger partial charge is 0.323 e. The molecule has 2 heterocycles. The molecule has 5 heteroatoms. The molecule has 0 aromatic heterocycles. The van der Waals surface area contributed by atoms with Gasteiger partial charge in [-0.2, -0.15) is 0 Å². The molecule has 1 N–H and O–H groups in total. The number of carbonyl (C=O) groups excluding carboxylic acids is 2. The third-order valence-electron chi connectivity index (χ3n) is 5.47. The lowest BCUT2D eigenvalue weighted by Crippen LogP contribution is -2.51. The van der Waals surface area contributed by atoms with E-state index in [9.17, 15) is 9.59 Å². The Balaban J connectivity index is 1.48. The maximum Gasteiger partial charge on any atom is 0.321 e. The van der Waals surface area contributed by atoms with Gasteiger partial charge in [0.1, 0.15) is 0 Å². The van der Waals surface area contributed by atoms with Crippen LogP contribution in [-0.4, -0.2) is 36.5 Å². The number of nitrogens with one attached hydrogen (secondary N) is 1. The molecule has 0 bridgehead atoms. The predicted molar refractivity (Wildman–Crippen MR) is 102 cm³/mol. The lowest BCUT2D eigenvalue weighted by Gasteiger charge is -2.39. The van der Waals surface area contributed by atoms with Crippen LogP contribution < -0.4 is 10.2 Å². The SMILES string of the molecule is O=C(Nc1ccccc1)N1CCC[C@@]2(CCN(c3ccccc3)C2=O)C1. The zero-order valence-corrected chi connectivity index (χ0v) is 14.7. The predicted octanol–water partition coefficient (Wildman–Crippen LogP) is 3.74.